The molecule has 1 aliphatic heterocycles. The van der Waals surface area contributed by atoms with Gasteiger partial charge >= 0.3 is 11.9 Å². The number of benzene rings is 1. The van der Waals surface area contributed by atoms with Gasteiger partial charge in [0.2, 0.25) is 0 Å². The van der Waals surface area contributed by atoms with E-state index in [1.165, 1.54) is 75.8 Å². The summed E-state index contributed by atoms with van der Waals surface area (Å²) in [4.78, 5) is 24.4. The molecule has 4 rings (SSSR count). The van der Waals surface area contributed by atoms with Crippen molar-refractivity contribution in [2.24, 2.45) is 0 Å². The van der Waals surface area contributed by atoms with Crippen LogP contribution >= 0.6 is 0 Å². The molecule has 194 valence electrons. The smallest absolute Gasteiger partial charge is 0.328 e. The average molecular weight is 489 g/mol. The lowest BCUT2D eigenvalue weighted by Crippen LogP contribution is -2.51. The van der Waals surface area contributed by atoms with E-state index in [1.54, 1.807) is 7.11 Å². The van der Waals surface area contributed by atoms with Gasteiger partial charge in [-0.2, -0.15) is 0 Å². The van der Waals surface area contributed by atoms with E-state index >= 15 is 0 Å². The number of carboxylic acids is 2. The Hall–Kier alpha value is -2.42. The van der Waals surface area contributed by atoms with Crippen LogP contribution in [0.3, 0.4) is 0 Å². The third-order valence-corrected chi connectivity index (χ3v) is 7.22. The molecule has 1 atom stereocenters. The topological polar surface area (TPSA) is 99.5 Å². The van der Waals surface area contributed by atoms with E-state index in [2.05, 4.69) is 28.0 Å². The van der Waals surface area contributed by atoms with E-state index in [0.29, 0.717) is 12.2 Å². The number of hydrogen-bond acceptors (Lipinski definition) is 6. The van der Waals surface area contributed by atoms with Gasteiger partial charge in [-0.25, -0.2) is 9.59 Å². The minimum Gasteiger partial charge on any atom is -0.496 e. The maximum absolute atomic E-state index is 9.55. The van der Waals surface area contributed by atoms with E-state index in [1.807, 2.05) is 0 Å². The molecule has 0 amide bonds. The van der Waals surface area contributed by atoms with Gasteiger partial charge in [0.1, 0.15) is 5.75 Å². The predicted molar refractivity (Wildman–Crippen MR) is 134 cm³/mol. The molecule has 0 radical (unpaired) electrons. The van der Waals surface area contributed by atoms with Gasteiger partial charge < -0.3 is 19.7 Å². The van der Waals surface area contributed by atoms with Crippen LogP contribution in [0.2, 0.25) is 0 Å². The number of aliphatic carboxylic acids is 2. The number of methoxy groups -OCH3 is 1. The maximum atomic E-state index is 9.55. The van der Waals surface area contributed by atoms with E-state index in [9.17, 15) is 9.59 Å². The number of ether oxygens (including phenoxy) is 2. The Morgan fingerprint density at radius 3 is 2.29 bits per heavy atom. The average Bonchev–Trinajstić information content (AvgIpc) is 2.88. The van der Waals surface area contributed by atoms with Crippen molar-refractivity contribution in [2.75, 3.05) is 46.4 Å². The van der Waals surface area contributed by atoms with Gasteiger partial charge in [-0.1, -0.05) is 31.4 Å². The molecule has 8 nitrogen and oxygen atoms in total. The zero-order chi connectivity index (χ0) is 25.0. The Balaban J connectivity index is 0.000000371. The van der Waals surface area contributed by atoms with Crippen LogP contribution in [0.1, 0.15) is 62.2 Å². The lowest BCUT2D eigenvalue weighted by molar-refractivity contribution is -0.134. The molecular formula is C27H40N2O6. The quantitative estimate of drug-likeness (QED) is 0.534. The van der Waals surface area contributed by atoms with Crippen LogP contribution in [0.5, 0.6) is 5.75 Å². The van der Waals surface area contributed by atoms with Crippen LogP contribution in [0.15, 0.2) is 30.4 Å². The van der Waals surface area contributed by atoms with Crippen molar-refractivity contribution in [3.63, 3.8) is 0 Å². The first-order valence-electron chi connectivity index (χ1n) is 12.9. The van der Waals surface area contributed by atoms with Gasteiger partial charge in [0.25, 0.3) is 0 Å². The first-order valence-corrected chi connectivity index (χ1v) is 12.9. The summed E-state index contributed by atoms with van der Waals surface area (Å²) in [7, 11) is 1.77. The number of piperazine rings is 1. The summed E-state index contributed by atoms with van der Waals surface area (Å²) in [5, 5.41) is 15.6. The molecule has 35 heavy (non-hydrogen) atoms. The molecule has 1 saturated heterocycles. The second-order valence-corrected chi connectivity index (χ2v) is 9.46. The Morgan fingerprint density at radius 2 is 1.66 bits per heavy atom. The summed E-state index contributed by atoms with van der Waals surface area (Å²) in [6.45, 7) is 6.80. The van der Waals surface area contributed by atoms with Crippen LogP contribution in [-0.4, -0.2) is 84.4 Å². The van der Waals surface area contributed by atoms with Crippen molar-refractivity contribution >= 4 is 11.9 Å². The zero-order valence-electron chi connectivity index (χ0n) is 20.9. The zero-order valence-corrected chi connectivity index (χ0v) is 20.9. The molecule has 3 aliphatic rings. The predicted octanol–water partition coefficient (Wildman–Crippen LogP) is 3.75. The van der Waals surface area contributed by atoms with Crippen molar-refractivity contribution in [2.45, 2.75) is 63.5 Å². The summed E-state index contributed by atoms with van der Waals surface area (Å²) in [5.74, 6) is -1.49. The van der Waals surface area contributed by atoms with Crippen LogP contribution < -0.4 is 4.74 Å². The number of carbonyl (C=O) groups is 2. The molecule has 2 N–H and O–H groups in total. The highest BCUT2D eigenvalue weighted by Crippen LogP contribution is 2.37. The SMILES string of the molecule is COc1cccc2c1CCCC2OCCN1CCN(C2CCCCC2)CC1.O=C(O)/C=C\C(=O)O. The molecule has 1 heterocycles. The number of nitrogens with zero attached hydrogens (tertiary/aromatic N) is 2. The molecule has 2 aliphatic carbocycles. The first-order chi connectivity index (χ1) is 17.0. The Kier molecular flexibility index (Phi) is 11.0. The fraction of sp³-hybridized carbons (Fsp3) is 0.630. The second kappa shape index (κ2) is 14.2. The molecule has 8 heteroatoms. The normalized spacial score (nSPS) is 21.7. The highest BCUT2D eigenvalue weighted by Gasteiger charge is 2.26. The Labute approximate surface area is 208 Å². The molecule has 0 bridgehead atoms. The number of hydrogen-bond donors (Lipinski definition) is 2. The van der Waals surface area contributed by atoms with Gasteiger partial charge in [0.05, 0.1) is 19.8 Å². The van der Waals surface area contributed by atoms with Crippen LogP contribution in [-0.2, 0) is 20.7 Å². The summed E-state index contributed by atoms with van der Waals surface area (Å²) in [6.07, 6.45) is 12.0. The van der Waals surface area contributed by atoms with Crippen LogP contribution in [0, 0.1) is 0 Å². The Morgan fingerprint density at radius 1 is 0.971 bits per heavy atom. The third kappa shape index (κ3) is 8.63. The monoisotopic (exact) mass is 488 g/mol. The summed E-state index contributed by atoms with van der Waals surface area (Å²) >= 11 is 0. The highest BCUT2D eigenvalue weighted by atomic mass is 16.5. The molecule has 0 aromatic heterocycles. The lowest BCUT2D eigenvalue weighted by atomic mass is 9.88. The first kappa shape index (κ1) is 27.2. The molecule has 0 spiro atoms. The summed E-state index contributed by atoms with van der Waals surface area (Å²) in [5.41, 5.74) is 2.71. The third-order valence-electron chi connectivity index (χ3n) is 7.22. The highest BCUT2D eigenvalue weighted by molar-refractivity contribution is 5.89. The fourth-order valence-corrected chi connectivity index (χ4v) is 5.40. The van der Waals surface area contributed by atoms with E-state index in [-0.39, 0.29) is 6.10 Å². The molecular weight excluding hydrogens is 448 g/mol. The van der Waals surface area contributed by atoms with E-state index < -0.39 is 11.9 Å². The van der Waals surface area contributed by atoms with Gasteiger partial charge in [0.15, 0.2) is 0 Å². The fourth-order valence-electron chi connectivity index (χ4n) is 5.40. The maximum Gasteiger partial charge on any atom is 0.328 e. The van der Waals surface area contributed by atoms with Gasteiger partial charge in [-0.15, -0.1) is 0 Å². The standard InChI is InChI=1S/C23H36N2O2.C4H4O4/c1-26-22-11-5-10-21-20(22)9-6-12-23(21)27-18-17-24-13-15-25(16-14-24)19-7-3-2-4-8-19;5-3(6)1-2-4(7)8/h5,10-11,19,23H,2-4,6-9,12-18H2,1H3;1-2H,(H,5,6)(H,7,8)/b;2-1-. The largest absolute Gasteiger partial charge is 0.496 e. The van der Waals surface area contributed by atoms with Crippen molar-refractivity contribution in [3.05, 3.63) is 41.5 Å². The number of fused-ring (bicyclic) bond motifs is 1. The van der Waals surface area contributed by atoms with Gasteiger partial charge in [-0.05, 0) is 49.3 Å². The second-order valence-electron chi connectivity index (χ2n) is 9.46. The lowest BCUT2D eigenvalue weighted by Gasteiger charge is -2.40. The molecule has 1 aromatic rings. The van der Waals surface area contributed by atoms with Crippen LogP contribution in [0.4, 0.5) is 0 Å². The van der Waals surface area contributed by atoms with E-state index in [4.69, 9.17) is 19.7 Å². The van der Waals surface area contributed by atoms with Crippen LogP contribution in [0.25, 0.3) is 0 Å². The summed E-state index contributed by atoms with van der Waals surface area (Å²) in [6, 6.07) is 7.27. The van der Waals surface area contributed by atoms with Gasteiger partial charge in [-0.3, -0.25) is 9.80 Å². The molecule has 1 aromatic carbocycles. The number of carboxylic acid groups (broad SMARTS) is 2. The number of rotatable bonds is 8. The minimum atomic E-state index is -1.26. The van der Waals surface area contributed by atoms with Crippen molar-refractivity contribution in [3.8, 4) is 5.75 Å². The molecule has 1 saturated carbocycles. The summed E-state index contributed by atoms with van der Waals surface area (Å²) < 4.78 is 11.9. The van der Waals surface area contributed by atoms with E-state index in [0.717, 1.165) is 37.8 Å². The minimum absolute atomic E-state index is 0.243. The molecule has 2 fully saturated rings. The van der Waals surface area contributed by atoms with Crippen molar-refractivity contribution in [1.29, 1.82) is 0 Å². The Bertz CT molecular complexity index is 828. The van der Waals surface area contributed by atoms with Gasteiger partial charge in [0, 0.05) is 50.9 Å². The molecule has 1 unspecified atom stereocenters. The van der Waals surface area contributed by atoms with Crippen molar-refractivity contribution in [1.82, 2.24) is 9.80 Å². The van der Waals surface area contributed by atoms with Crippen molar-refractivity contribution < 1.29 is 29.3 Å².